The number of rotatable bonds is 11. The van der Waals surface area contributed by atoms with E-state index in [2.05, 4.69) is 16.0 Å². The average molecular weight is 441 g/mol. The van der Waals surface area contributed by atoms with E-state index in [0.29, 0.717) is 17.0 Å². The summed E-state index contributed by atoms with van der Waals surface area (Å²) in [7, 11) is 1.54. The van der Waals surface area contributed by atoms with Crippen molar-refractivity contribution in [1.29, 1.82) is 5.41 Å². The van der Waals surface area contributed by atoms with Crippen molar-refractivity contribution in [2.45, 2.75) is 19.5 Å². The Bertz CT molecular complexity index is 979. The number of carbonyl (C=O) groups is 3. The van der Waals surface area contributed by atoms with Gasteiger partial charge in [0, 0.05) is 23.4 Å². The van der Waals surface area contributed by atoms with Gasteiger partial charge in [-0.2, -0.15) is 0 Å². The highest BCUT2D eigenvalue weighted by molar-refractivity contribution is 6.05. The second-order valence-corrected chi connectivity index (χ2v) is 6.63. The van der Waals surface area contributed by atoms with Gasteiger partial charge in [0.25, 0.3) is 5.91 Å². The molecule has 0 saturated carbocycles. The highest BCUT2D eigenvalue weighted by Crippen LogP contribution is 2.16. The molecule has 0 aliphatic carbocycles. The van der Waals surface area contributed by atoms with Crippen LogP contribution in [-0.2, 0) is 25.7 Å². The van der Waals surface area contributed by atoms with Gasteiger partial charge in [-0.1, -0.05) is 30.3 Å². The first-order valence-corrected chi connectivity index (χ1v) is 9.89. The molecule has 2 rings (SSSR count). The van der Waals surface area contributed by atoms with Gasteiger partial charge in [0.05, 0.1) is 20.3 Å². The number of para-hydroxylation sites is 1. The lowest BCUT2D eigenvalue weighted by molar-refractivity contribution is -0.147. The Hall–Kier alpha value is -4.08. The first-order chi connectivity index (χ1) is 15.3. The predicted octanol–water partition coefficient (Wildman–Crippen LogP) is 0.755. The molecule has 6 N–H and O–H groups in total. The molecule has 0 heterocycles. The number of methoxy groups -OCH3 is 1. The van der Waals surface area contributed by atoms with Gasteiger partial charge in [-0.3, -0.25) is 15.0 Å². The van der Waals surface area contributed by atoms with Gasteiger partial charge in [0.15, 0.2) is 0 Å². The number of amides is 2. The lowest BCUT2D eigenvalue weighted by Crippen LogP contribution is -2.48. The van der Waals surface area contributed by atoms with Crippen molar-refractivity contribution < 1.29 is 23.9 Å². The minimum Gasteiger partial charge on any atom is -0.496 e. The van der Waals surface area contributed by atoms with E-state index in [0.717, 1.165) is 5.56 Å². The second kappa shape index (κ2) is 11.9. The number of benzene rings is 2. The molecule has 170 valence electrons. The number of nitrogens with two attached hydrogens (primary N) is 1. The Balaban J connectivity index is 1.98. The third-order valence-corrected chi connectivity index (χ3v) is 4.36. The normalized spacial score (nSPS) is 11.1. The van der Waals surface area contributed by atoms with Crippen LogP contribution in [0.3, 0.4) is 0 Å². The van der Waals surface area contributed by atoms with Gasteiger partial charge in [0.2, 0.25) is 11.9 Å². The van der Waals surface area contributed by atoms with Crippen LogP contribution in [0.25, 0.3) is 0 Å². The molecule has 0 fully saturated rings. The maximum atomic E-state index is 12.6. The molecule has 0 aliphatic heterocycles. The molecule has 1 unspecified atom stereocenters. The largest absolute Gasteiger partial charge is 0.496 e. The van der Waals surface area contributed by atoms with Gasteiger partial charge in [0.1, 0.15) is 11.6 Å². The summed E-state index contributed by atoms with van der Waals surface area (Å²) in [6.45, 7) is 1.58. The zero-order valence-electron chi connectivity index (χ0n) is 17.9. The summed E-state index contributed by atoms with van der Waals surface area (Å²) >= 11 is 0. The molecule has 2 amide bonds. The van der Waals surface area contributed by atoms with Crippen molar-refractivity contribution in [1.82, 2.24) is 10.6 Å². The number of carbonyl (C=O) groups excluding carboxylic acids is 3. The molecule has 2 aromatic rings. The highest BCUT2D eigenvalue weighted by atomic mass is 16.5. The summed E-state index contributed by atoms with van der Waals surface area (Å²) in [6, 6.07) is 12.2. The third-order valence-electron chi connectivity index (χ3n) is 4.36. The Morgan fingerprint density at radius 1 is 1.09 bits per heavy atom. The molecule has 0 radical (unpaired) electrons. The summed E-state index contributed by atoms with van der Waals surface area (Å²) < 4.78 is 10.2. The van der Waals surface area contributed by atoms with E-state index in [1.807, 2.05) is 18.2 Å². The van der Waals surface area contributed by atoms with Gasteiger partial charge < -0.3 is 31.2 Å². The number of nitrogens with one attached hydrogen (secondary N) is 4. The molecule has 0 saturated heterocycles. The number of hydrogen-bond donors (Lipinski definition) is 5. The third kappa shape index (κ3) is 7.01. The lowest BCUT2D eigenvalue weighted by atomic mass is 10.1. The van der Waals surface area contributed by atoms with E-state index in [9.17, 15) is 14.4 Å². The van der Waals surface area contributed by atoms with Crippen molar-refractivity contribution in [3.8, 4) is 5.75 Å². The Morgan fingerprint density at radius 3 is 2.53 bits per heavy atom. The molecule has 10 nitrogen and oxygen atoms in total. The van der Waals surface area contributed by atoms with Crippen molar-refractivity contribution in [2.75, 3.05) is 25.6 Å². The Kier molecular flexibility index (Phi) is 9.03. The van der Waals surface area contributed by atoms with Crippen molar-refractivity contribution >= 4 is 29.3 Å². The van der Waals surface area contributed by atoms with E-state index in [4.69, 9.17) is 20.6 Å². The highest BCUT2D eigenvalue weighted by Gasteiger charge is 2.28. The standard InChI is InChI=1S/C22H27N5O5/c1-3-32-22(30)19(27-16-9-6-8-14(11-16)20(23)24)21(29)26-13-18(28)25-12-15-7-4-5-10-17(15)31-2/h4-11,19,27H,3,12-13H2,1-2H3,(H3,23,24)(H,25,28)(H,26,29). The van der Waals surface area contributed by atoms with Crippen molar-refractivity contribution in [3.63, 3.8) is 0 Å². The molecular formula is C22H27N5O5. The maximum absolute atomic E-state index is 12.6. The van der Waals surface area contributed by atoms with Crippen LogP contribution >= 0.6 is 0 Å². The van der Waals surface area contributed by atoms with E-state index in [-0.39, 0.29) is 25.5 Å². The van der Waals surface area contributed by atoms with Crippen LogP contribution in [0.2, 0.25) is 0 Å². The first-order valence-electron chi connectivity index (χ1n) is 9.89. The number of amidine groups is 1. The lowest BCUT2D eigenvalue weighted by Gasteiger charge is -2.18. The van der Waals surface area contributed by atoms with Gasteiger partial charge in [-0.25, -0.2) is 4.79 Å². The van der Waals surface area contributed by atoms with E-state index >= 15 is 0 Å². The SMILES string of the molecule is CCOC(=O)C(Nc1cccc(C(=N)N)c1)C(=O)NCC(=O)NCc1ccccc1OC. The fourth-order valence-corrected chi connectivity index (χ4v) is 2.78. The first kappa shape index (κ1) is 24.2. The topological polar surface area (TPSA) is 156 Å². The van der Waals surface area contributed by atoms with Crippen LogP contribution < -0.4 is 26.4 Å². The van der Waals surface area contributed by atoms with Crippen LogP contribution in [-0.4, -0.2) is 49.9 Å². The predicted molar refractivity (Wildman–Crippen MR) is 119 cm³/mol. The fourth-order valence-electron chi connectivity index (χ4n) is 2.78. The number of nitrogen functional groups attached to an aromatic ring is 1. The summed E-state index contributed by atoms with van der Waals surface area (Å²) in [5, 5.41) is 15.4. The number of hydrogen-bond acceptors (Lipinski definition) is 7. The van der Waals surface area contributed by atoms with Crippen LogP contribution in [0.5, 0.6) is 5.75 Å². The summed E-state index contributed by atoms with van der Waals surface area (Å²) in [5.74, 6) is -1.49. The monoisotopic (exact) mass is 441 g/mol. The smallest absolute Gasteiger partial charge is 0.338 e. The number of esters is 1. The summed E-state index contributed by atoms with van der Waals surface area (Å²) in [5.41, 5.74) is 7.09. The minimum absolute atomic E-state index is 0.0805. The van der Waals surface area contributed by atoms with Gasteiger partial charge in [-0.15, -0.1) is 0 Å². The zero-order valence-corrected chi connectivity index (χ0v) is 17.9. The number of ether oxygens (including phenoxy) is 2. The van der Waals surface area contributed by atoms with Crippen LogP contribution in [0, 0.1) is 5.41 Å². The summed E-state index contributed by atoms with van der Waals surface area (Å²) in [6.07, 6.45) is 0. The fraction of sp³-hybridized carbons (Fsp3) is 0.273. The Morgan fingerprint density at radius 2 is 1.84 bits per heavy atom. The van der Waals surface area contributed by atoms with Crippen LogP contribution in [0.4, 0.5) is 5.69 Å². The molecule has 32 heavy (non-hydrogen) atoms. The van der Waals surface area contributed by atoms with Crippen molar-refractivity contribution in [2.24, 2.45) is 5.73 Å². The van der Waals surface area contributed by atoms with E-state index in [1.165, 1.54) is 13.2 Å². The number of anilines is 1. The molecular weight excluding hydrogens is 414 g/mol. The van der Waals surface area contributed by atoms with Gasteiger partial charge in [-0.05, 0) is 25.1 Å². The maximum Gasteiger partial charge on any atom is 0.338 e. The second-order valence-electron chi connectivity index (χ2n) is 6.63. The summed E-state index contributed by atoms with van der Waals surface area (Å²) in [4.78, 5) is 37.1. The van der Waals surface area contributed by atoms with Crippen LogP contribution in [0.1, 0.15) is 18.1 Å². The van der Waals surface area contributed by atoms with Gasteiger partial charge >= 0.3 is 5.97 Å². The van der Waals surface area contributed by atoms with E-state index in [1.54, 1.807) is 31.2 Å². The molecule has 0 aliphatic rings. The van der Waals surface area contributed by atoms with Crippen LogP contribution in [0.15, 0.2) is 48.5 Å². The zero-order chi connectivity index (χ0) is 23.5. The molecule has 0 spiro atoms. The molecule has 2 aromatic carbocycles. The Labute approximate surface area is 186 Å². The average Bonchev–Trinajstić information content (AvgIpc) is 2.80. The quantitative estimate of drug-likeness (QED) is 0.149. The molecule has 10 heteroatoms. The molecule has 0 aromatic heterocycles. The molecule has 0 bridgehead atoms. The van der Waals surface area contributed by atoms with E-state index < -0.39 is 23.8 Å². The van der Waals surface area contributed by atoms with Crippen molar-refractivity contribution in [3.05, 3.63) is 59.7 Å². The molecule has 1 atom stereocenters. The minimum atomic E-state index is -1.39.